The van der Waals surface area contributed by atoms with Crippen LogP contribution in [0.25, 0.3) is 0 Å². The zero-order valence-corrected chi connectivity index (χ0v) is 12.2. The third-order valence-corrected chi connectivity index (χ3v) is 3.81. The number of H-pyrrole nitrogens is 1. The summed E-state index contributed by atoms with van der Waals surface area (Å²) < 4.78 is 0.629. The summed E-state index contributed by atoms with van der Waals surface area (Å²) in [5, 5.41) is 3.19. The van der Waals surface area contributed by atoms with Crippen LogP contribution in [0.4, 0.5) is 5.82 Å². The topological polar surface area (TPSA) is 57.8 Å². The van der Waals surface area contributed by atoms with Gasteiger partial charge in [-0.1, -0.05) is 6.42 Å². The molecule has 4 nitrogen and oxygen atoms in total. The third kappa shape index (κ3) is 4.73. The minimum absolute atomic E-state index is 0.0829. The molecular formula is C10H16IN3OS. The lowest BCUT2D eigenvalue weighted by Crippen LogP contribution is -2.15. The van der Waals surface area contributed by atoms with Crippen LogP contribution in [-0.2, 0) is 0 Å². The molecule has 0 atom stereocenters. The molecule has 0 aliphatic carbocycles. The third-order valence-electron chi connectivity index (χ3n) is 2.11. The van der Waals surface area contributed by atoms with Crippen LogP contribution in [0.15, 0.2) is 11.1 Å². The Balaban J connectivity index is 2.27. The number of rotatable bonds is 7. The Morgan fingerprint density at radius 3 is 3.06 bits per heavy atom. The zero-order chi connectivity index (χ0) is 11.8. The van der Waals surface area contributed by atoms with E-state index in [9.17, 15) is 4.79 Å². The van der Waals surface area contributed by atoms with Crippen LogP contribution in [0.3, 0.4) is 0 Å². The number of unbranched alkanes of at least 4 members (excludes halogenated alkanes) is 2. The molecule has 0 aromatic carbocycles. The van der Waals surface area contributed by atoms with Gasteiger partial charge in [0.2, 0.25) is 0 Å². The van der Waals surface area contributed by atoms with Gasteiger partial charge in [0, 0.05) is 6.54 Å². The summed E-state index contributed by atoms with van der Waals surface area (Å²) in [5.74, 6) is 1.91. The molecular weight excluding hydrogens is 337 g/mol. The van der Waals surface area contributed by atoms with Crippen molar-refractivity contribution in [3.05, 3.63) is 20.3 Å². The summed E-state index contributed by atoms with van der Waals surface area (Å²) in [6, 6.07) is 0. The number of anilines is 1. The lowest BCUT2D eigenvalue weighted by atomic mass is 10.2. The fourth-order valence-electron chi connectivity index (χ4n) is 1.26. The lowest BCUT2D eigenvalue weighted by molar-refractivity contribution is 0.747. The standard InChI is InChI=1S/C10H16IN3OS/c1-16-6-4-2-3-5-12-9-8(11)10(15)14-7-13-9/h7H,2-6H2,1H3,(H2,12,13,14,15). The number of nitrogens with zero attached hydrogens (tertiary/aromatic N) is 1. The van der Waals surface area contributed by atoms with E-state index in [1.54, 1.807) is 0 Å². The SMILES string of the molecule is CSCCCCCNc1nc[nH]c(=O)c1I. The Bertz CT molecular complexity index is 369. The van der Waals surface area contributed by atoms with Crippen LogP contribution in [0.5, 0.6) is 0 Å². The first-order valence-electron chi connectivity index (χ1n) is 5.21. The predicted molar refractivity (Wildman–Crippen MR) is 78.3 cm³/mol. The van der Waals surface area contributed by atoms with Gasteiger partial charge >= 0.3 is 0 Å². The van der Waals surface area contributed by atoms with E-state index in [-0.39, 0.29) is 5.56 Å². The quantitative estimate of drug-likeness (QED) is 0.584. The van der Waals surface area contributed by atoms with Crippen molar-refractivity contribution < 1.29 is 0 Å². The van der Waals surface area contributed by atoms with Gasteiger partial charge in [-0.15, -0.1) is 0 Å². The molecule has 1 aromatic rings. The summed E-state index contributed by atoms with van der Waals surface area (Å²) in [5.41, 5.74) is -0.0829. The molecule has 1 rings (SSSR count). The molecule has 1 aromatic heterocycles. The summed E-state index contributed by atoms with van der Waals surface area (Å²) >= 11 is 3.89. The average Bonchev–Trinajstić information content (AvgIpc) is 2.29. The fraction of sp³-hybridized carbons (Fsp3) is 0.600. The number of aromatic amines is 1. The van der Waals surface area contributed by atoms with E-state index in [1.165, 1.54) is 24.9 Å². The lowest BCUT2D eigenvalue weighted by Gasteiger charge is -2.06. The second-order valence-corrected chi connectivity index (χ2v) is 5.44. The summed E-state index contributed by atoms with van der Waals surface area (Å²) in [4.78, 5) is 17.9. The molecule has 0 spiro atoms. The molecule has 6 heteroatoms. The van der Waals surface area contributed by atoms with E-state index in [1.807, 2.05) is 34.4 Å². The maximum atomic E-state index is 11.3. The van der Waals surface area contributed by atoms with Gasteiger partial charge in [0.1, 0.15) is 9.39 Å². The van der Waals surface area contributed by atoms with E-state index in [0.717, 1.165) is 13.0 Å². The molecule has 0 amide bonds. The largest absolute Gasteiger partial charge is 0.369 e. The van der Waals surface area contributed by atoms with Crippen LogP contribution in [-0.4, -0.2) is 28.5 Å². The van der Waals surface area contributed by atoms with Crippen molar-refractivity contribution in [3.63, 3.8) is 0 Å². The molecule has 0 saturated heterocycles. The fourth-order valence-corrected chi connectivity index (χ4v) is 2.24. The van der Waals surface area contributed by atoms with Crippen molar-refractivity contribution in [1.29, 1.82) is 0 Å². The van der Waals surface area contributed by atoms with E-state index in [0.29, 0.717) is 9.39 Å². The maximum Gasteiger partial charge on any atom is 0.266 e. The highest BCUT2D eigenvalue weighted by atomic mass is 127. The number of hydrogen-bond acceptors (Lipinski definition) is 4. The predicted octanol–water partition coefficient (Wildman–Crippen LogP) is 2.32. The number of thioether (sulfide) groups is 1. The van der Waals surface area contributed by atoms with Gasteiger partial charge < -0.3 is 10.3 Å². The van der Waals surface area contributed by atoms with Crippen molar-refractivity contribution in [3.8, 4) is 0 Å². The normalized spacial score (nSPS) is 10.4. The minimum atomic E-state index is -0.0829. The Morgan fingerprint density at radius 1 is 1.50 bits per heavy atom. The number of hydrogen-bond donors (Lipinski definition) is 2. The van der Waals surface area contributed by atoms with Crippen LogP contribution in [0.1, 0.15) is 19.3 Å². The van der Waals surface area contributed by atoms with Crippen LogP contribution < -0.4 is 10.9 Å². The van der Waals surface area contributed by atoms with E-state index in [2.05, 4.69) is 21.5 Å². The first kappa shape index (κ1) is 13.8. The molecule has 0 fully saturated rings. The van der Waals surface area contributed by atoms with Gasteiger partial charge in [-0.05, 0) is 47.4 Å². The highest BCUT2D eigenvalue weighted by molar-refractivity contribution is 14.1. The summed E-state index contributed by atoms with van der Waals surface area (Å²) in [6.45, 7) is 0.876. The first-order valence-corrected chi connectivity index (χ1v) is 7.69. The molecule has 0 saturated carbocycles. The average molecular weight is 353 g/mol. The molecule has 0 unspecified atom stereocenters. The Morgan fingerprint density at radius 2 is 2.31 bits per heavy atom. The zero-order valence-electron chi connectivity index (χ0n) is 9.25. The minimum Gasteiger partial charge on any atom is -0.369 e. The monoisotopic (exact) mass is 353 g/mol. The Labute approximate surface area is 113 Å². The van der Waals surface area contributed by atoms with Crippen molar-refractivity contribution in [2.75, 3.05) is 23.9 Å². The first-order chi connectivity index (χ1) is 7.75. The second-order valence-electron chi connectivity index (χ2n) is 3.37. The van der Waals surface area contributed by atoms with Crippen molar-refractivity contribution in [2.45, 2.75) is 19.3 Å². The Hall–Kier alpha value is -0.240. The summed E-state index contributed by atoms with van der Waals surface area (Å²) in [6.07, 6.45) is 7.14. The van der Waals surface area contributed by atoms with Gasteiger partial charge in [0.15, 0.2) is 0 Å². The van der Waals surface area contributed by atoms with E-state index < -0.39 is 0 Å². The number of aromatic nitrogens is 2. The van der Waals surface area contributed by atoms with Gasteiger partial charge in [0.05, 0.1) is 6.33 Å². The van der Waals surface area contributed by atoms with Gasteiger partial charge in [-0.25, -0.2) is 4.98 Å². The molecule has 2 N–H and O–H groups in total. The second kappa shape index (κ2) is 7.94. The van der Waals surface area contributed by atoms with Crippen molar-refractivity contribution >= 4 is 40.2 Å². The van der Waals surface area contributed by atoms with Crippen LogP contribution in [0.2, 0.25) is 0 Å². The number of halogens is 1. The molecule has 0 bridgehead atoms. The smallest absolute Gasteiger partial charge is 0.266 e. The van der Waals surface area contributed by atoms with Gasteiger partial charge in [-0.2, -0.15) is 11.8 Å². The maximum absolute atomic E-state index is 11.3. The molecule has 0 radical (unpaired) electrons. The molecule has 1 heterocycles. The highest BCUT2D eigenvalue weighted by Gasteiger charge is 2.03. The van der Waals surface area contributed by atoms with Crippen LogP contribution in [0, 0.1) is 3.57 Å². The number of nitrogens with one attached hydrogen (secondary N) is 2. The highest BCUT2D eigenvalue weighted by Crippen LogP contribution is 2.09. The molecule has 90 valence electrons. The van der Waals surface area contributed by atoms with Crippen molar-refractivity contribution in [1.82, 2.24) is 9.97 Å². The molecule has 0 aliphatic rings. The van der Waals surface area contributed by atoms with Gasteiger partial charge in [-0.3, -0.25) is 4.79 Å². The summed E-state index contributed by atoms with van der Waals surface area (Å²) in [7, 11) is 0. The molecule has 0 aliphatic heterocycles. The Kier molecular flexibility index (Phi) is 6.86. The van der Waals surface area contributed by atoms with Crippen LogP contribution >= 0.6 is 34.4 Å². The molecule has 16 heavy (non-hydrogen) atoms. The van der Waals surface area contributed by atoms with E-state index >= 15 is 0 Å². The van der Waals surface area contributed by atoms with E-state index in [4.69, 9.17) is 0 Å². The van der Waals surface area contributed by atoms with Gasteiger partial charge in [0.25, 0.3) is 5.56 Å². The van der Waals surface area contributed by atoms with Crippen molar-refractivity contribution in [2.24, 2.45) is 0 Å².